The Bertz CT molecular complexity index is 1210. The van der Waals surface area contributed by atoms with Crippen molar-refractivity contribution in [3.63, 3.8) is 0 Å². The standard InChI is InChI=1S/C22H15F2N3O3/c23-13-2-1-3-14(24)20(13)15-9-16(21-17(27-15)10-25-22(21)29)26-11-4-5-12-18(28)6-7-30-19(12)8-11/h1-5,8-9H,6-7,10H2,(H,25,29)(H,26,27). The number of aromatic nitrogens is 1. The topological polar surface area (TPSA) is 80.3 Å². The fourth-order valence-corrected chi connectivity index (χ4v) is 3.69. The van der Waals surface area contributed by atoms with Crippen molar-refractivity contribution in [3.05, 3.63) is 70.9 Å². The predicted molar refractivity (Wildman–Crippen MR) is 105 cm³/mol. The lowest BCUT2D eigenvalue weighted by Gasteiger charge is -2.18. The maximum Gasteiger partial charge on any atom is 0.255 e. The average Bonchev–Trinajstić information content (AvgIpc) is 3.09. The minimum atomic E-state index is -0.744. The molecule has 2 aliphatic heterocycles. The lowest BCUT2D eigenvalue weighted by Crippen LogP contribution is -2.15. The number of pyridine rings is 1. The summed E-state index contributed by atoms with van der Waals surface area (Å²) in [5.74, 6) is -1.36. The van der Waals surface area contributed by atoms with Crippen LogP contribution < -0.4 is 15.4 Å². The van der Waals surface area contributed by atoms with E-state index in [0.717, 1.165) is 12.1 Å². The van der Waals surface area contributed by atoms with E-state index in [1.165, 1.54) is 12.1 Å². The summed E-state index contributed by atoms with van der Waals surface area (Å²) in [6.07, 6.45) is 0.329. The first-order chi connectivity index (χ1) is 14.5. The highest BCUT2D eigenvalue weighted by atomic mass is 19.1. The lowest BCUT2D eigenvalue weighted by molar-refractivity contribution is 0.0931. The largest absolute Gasteiger partial charge is 0.492 e. The predicted octanol–water partition coefficient (Wildman–Crippen LogP) is 3.98. The summed E-state index contributed by atoms with van der Waals surface area (Å²) in [6, 6.07) is 10.0. The molecule has 1 amide bonds. The molecule has 0 bridgehead atoms. The van der Waals surface area contributed by atoms with Gasteiger partial charge in [0, 0.05) is 18.2 Å². The normalized spacial score (nSPS) is 14.6. The highest BCUT2D eigenvalue weighted by Crippen LogP contribution is 2.35. The number of Topliss-reactive ketones (excluding diaryl/α,β-unsaturated/α-hetero) is 1. The maximum absolute atomic E-state index is 14.3. The zero-order chi connectivity index (χ0) is 20.8. The van der Waals surface area contributed by atoms with E-state index in [4.69, 9.17) is 4.74 Å². The van der Waals surface area contributed by atoms with E-state index in [1.54, 1.807) is 18.2 Å². The number of ether oxygens (including phenoxy) is 1. The van der Waals surface area contributed by atoms with Gasteiger partial charge in [0.15, 0.2) is 5.78 Å². The molecular weight excluding hydrogens is 392 g/mol. The third-order valence-electron chi connectivity index (χ3n) is 5.10. The Labute approximate surface area is 169 Å². The van der Waals surface area contributed by atoms with E-state index in [2.05, 4.69) is 15.6 Å². The van der Waals surface area contributed by atoms with Crippen LogP contribution in [0.4, 0.5) is 20.2 Å². The molecule has 0 fully saturated rings. The number of nitrogens with one attached hydrogen (secondary N) is 2. The van der Waals surface area contributed by atoms with Crippen molar-refractivity contribution in [3.8, 4) is 17.0 Å². The molecule has 0 unspecified atom stereocenters. The molecule has 0 atom stereocenters. The molecule has 30 heavy (non-hydrogen) atoms. The number of ketones is 1. The second-order valence-corrected chi connectivity index (χ2v) is 7.01. The number of hydrogen-bond donors (Lipinski definition) is 2. The SMILES string of the molecule is O=C1CCOc2cc(Nc3cc(-c4c(F)cccc4F)nc4c3C(=O)NC4)ccc21. The van der Waals surface area contributed by atoms with Crippen LogP contribution in [0.25, 0.3) is 11.3 Å². The van der Waals surface area contributed by atoms with Crippen molar-refractivity contribution < 1.29 is 23.1 Å². The molecule has 6 nitrogen and oxygen atoms in total. The van der Waals surface area contributed by atoms with Gasteiger partial charge in [-0.05, 0) is 30.3 Å². The fourth-order valence-electron chi connectivity index (χ4n) is 3.69. The van der Waals surface area contributed by atoms with Gasteiger partial charge in [-0.25, -0.2) is 13.8 Å². The third kappa shape index (κ3) is 2.97. The van der Waals surface area contributed by atoms with Crippen LogP contribution in [-0.4, -0.2) is 23.3 Å². The van der Waals surface area contributed by atoms with Gasteiger partial charge in [-0.1, -0.05) is 6.07 Å². The first-order valence-electron chi connectivity index (χ1n) is 9.35. The minimum absolute atomic E-state index is 0.00398. The van der Waals surface area contributed by atoms with Gasteiger partial charge in [0.2, 0.25) is 0 Å². The van der Waals surface area contributed by atoms with Gasteiger partial charge in [0.05, 0.1) is 46.9 Å². The summed E-state index contributed by atoms with van der Waals surface area (Å²) in [5, 5.41) is 5.79. The van der Waals surface area contributed by atoms with E-state index in [-0.39, 0.29) is 29.5 Å². The molecule has 0 saturated heterocycles. The smallest absolute Gasteiger partial charge is 0.255 e. The highest BCUT2D eigenvalue weighted by Gasteiger charge is 2.27. The number of hydrogen-bond acceptors (Lipinski definition) is 5. The molecule has 0 saturated carbocycles. The van der Waals surface area contributed by atoms with E-state index in [1.807, 2.05) is 0 Å². The summed E-state index contributed by atoms with van der Waals surface area (Å²) >= 11 is 0. The van der Waals surface area contributed by atoms with Crippen molar-refractivity contribution in [2.45, 2.75) is 13.0 Å². The summed E-state index contributed by atoms with van der Waals surface area (Å²) in [4.78, 5) is 28.6. The number of fused-ring (bicyclic) bond motifs is 2. The van der Waals surface area contributed by atoms with Crippen molar-refractivity contribution in [2.24, 2.45) is 0 Å². The number of carbonyl (C=O) groups excluding carboxylic acids is 2. The average molecular weight is 407 g/mol. The van der Waals surface area contributed by atoms with Crippen LogP contribution in [0.15, 0.2) is 42.5 Å². The summed E-state index contributed by atoms with van der Waals surface area (Å²) < 4.78 is 34.2. The van der Waals surface area contributed by atoms with Gasteiger partial charge in [0.25, 0.3) is 5.91 Å². The molecule has 8 heteroatoms. The third-order valence-corrected chi connectivity index (χ3v) is 5.10. The summed E-state index contributed by atoms with van der Waals surface area (Å²) in [7, 11) is 0. The van der Waals surface area contributed by atoms with Crippen LogP contribution in [0, 0.1) is 11.6 Å². The van der Waals surface area contributed by atoms with E-state index in [9.17, 15) is 18.4 Å². The monoisotopic (exact) mass is 407 g/mol. The van der Waals surface area contributed by atoms with Crippen molar-refractivity contribution in [1.82, 2.24) is 10.3 Å². The second kappa shape index (κ2) is 6.91. The zero-order valence-electron chi connectivity index (χ0n) is 15.6. The van der Waals surface area contributed by atoms with Crippen molar-refractivity contribution in [1.29, 1.82) is 0 Å². The molecule has 150 valence electrons. The number of anilines is 2. The highest BCUT2D eigenvalue weighted by molar-refractivity contribution is 6.04. The molecule has 3 heterocycles. The van der Waals surface area contributed by atoms with Gasteiger partial charge >= 0.3 is 0 Å². The Kier molecular flexibility index (Phi) is 4.20. The van der Waals surface area contributed by atoms with Crippen LogP contribution in [-0.2, 0) is 6.54 Å². The summed E-state index contributed by atoms with van der Waals surface area (Å²) in [5.41, 5.74) is 1.94. The lowest BCUT2D eigenvalue weighted by atomic mass is 10.0. The number of halogens is 2. The quantitative estimate of drug-likeness (QED) is 0.687. The molecule has 2 N–H and O–H groups in total. The van der Waals surface area contributed by atoms with Gasteiger partial charge < -0.3 is 15.4 Å². The van der Waals surface area contributed by atoms with E-state index < -0.39 is 11.6 Å². The molecule has 2 aliphatic rings. The number of amides is 1. The number of carbonyl (C=O) groups is 2. The van der Waals surface area contributed by atoms with Crippen LogP contribution in [0.1, 0.15) is 32.8 Å². The molecular formula is C22H15F2N3O3. The van der Waals surface area contributed by atoms with E-state index >= 15 is 0 Å². The number of nitrogens with zero attached hydrogens (tertiary/aromatic N) is 1. The molecule has 1 aromatic heterocycles. The van der Waals surface area contributed by atoms with E-state index in [0.29, 0.717) is 47.0 Å². The van der Waals surface area contributed by atoms with Gasteiger partial charge in [-0.15, -0.1) is 0 Å². The molecule has 0 radical (unpaired) electrons. The summed E-state index contributed by atoms with van der Waals surface area (Å²) in [6.45, 7) is 0.466. The molecule has 0 aliphatic carbocycles. The first-order valence-corrected chi connectivity index (χ1v) is 9.35. The fraction of sp³-hybridized carbons (Fsp3) is 0.136. The van der Waals surface area contributed by atoms with Crippen LogP contribution in [0.2, 0.25) is 0 Å². The molecule has 5 rings (SSSR count). The molecule has 0 spiro atoms. The minimum Gasteiger partial charge on any atom is -0.492 e. The second-order valence-electron chi connectivity index (χ2n) is 7.01. The Hall–Kier alpha value is -3.81. The van der Waals surface area contributed by atoms with Gasteiger partial charge in [-0.3, -0.25) is 9.59 Å². The maximum atomic E-state index is 14.3. The van der Waals surface area contributed by atoms with Crippen LogP contribution >= 0.6 is 0 Å². The van der Waals surface area contributed by atoms with Crippen molar-refractivity contribution in [2.75, 3.05) is 11.9 Å². The molecule has 2 aromatic carbocycles. The number of benzene rings is 2. The first kappa shape index (κ1) is 18.2. The van der Waals surface area contributed by atoms with Crippen molar-refractivity contribution >= 4 is 23.1 Å². The molecule has 3 aromatic rings. The van der Waals surface area contributed by atoms with Crippen LogP contribution in [0.5, 0.6) is 5.75 Å². The zero-order valence-corrected chi connectivity index (χ0v) is 15.6. The van der Waals surface area contributed by atoms with Crippen LogP contribution in [0.3, 0.4) is 0 Å². The van der Waals surface area contributed by atoms with Gasteiger partial charge in [-0.2, -0.15) is 0 Å². The Balaban J connectivity index is 1.61. The Morgan fingerprint density at radius 1 is 1.03 bits per heavy atom. The number of rotatable bonds is 3. The van der Waals surface area contributed by atoms with Gasteiger partial charge in [0.1, 0.15) is 17.4 Å². The Morgan fingerprint density at radius 3 is 2.63 bits per heavy atom. The Morgan fingerprint density at radius 2 is 1.83 bits per heavy atom.